The predicted octanol–water partition coefficient (Wildman–Crippen LogP) is 3.10. The summed E-state index contributed by atoms with van der Waals surface area (Å²) in [5.41, 5.74) is 7.69. The van der Waals surface area contributed by atoms with Gasteiger partial charge in [0.2, 0.25) is 0 Å². The molecule has 0 aliphatic carbocycles. The molecular weight excluding hydrogens is 392 g/mol. The number of benzene rings is 2. The van der Waals surface area contributed by atoms with Crippen molar-refractivity contribution in [2.45, 2.75) is 13.5 Å². The molecule has 7 nitrogen and oxygen atoms in total. The molecule has 3 rings (SSSR count). The second-order valence-electron chi connectivity index (χ2n) is 6.36. The lowest BCUT2D eigenvalue weighted by Gasteiger charge is -2.14. The van der Waals surface area contributed by atoms with Crippen LogP contribution in [-0.4, -0.2) is 35.7 Å². The van der Waals surface area contributed by atoms with Crippen LogP contribution >= 0.6 is 11.8 Å². The maximum atomic E-state index is 12.7. The molecule has 0 radical (unpaired) electrons. The average molecular weight is 412 g/mol. The van der Waals surface area contributed by atoms with Gasteiger partial charge in [0.15, 0.2) is 18.1 Å². The lowest BCUT2D eigenvalue weighted by atomic mass is 10.1. The van der Waals surface area contributed by atoms with Crippen LogP contribution in [0.15, 0.2) is 47.4 Å². The van der Waals surface area contributed by atoms with Gasteiger partial charge in [0.25, 0.3) is 17.1 Å². The Hall–Kier alpha value is -3.26. The number of thioether (sulfide) groups is 1. The fourth-order valence-corrected chi connectivity index (χ4v) is 3.63. The van der Waals surface area contributed by atoms with Crippen molar-refractivity contribution in [2.75, 3.05) is 13.7 Å². The number of imide groups is 1. The first-order valence-corrected chi connectivity index (χ1v) is 9.59. The van der Waals surface area contributed by atoms with Crippen molar-refractivity contribution in [3.05, 3.63) is 64.1 Å². The van der Waals surface area contributed by atoms with Gasteiger partial charge in [-0.15, -0.1) is 0 Å². The maximum Gasteiger partial charge on any atom is 0.293 e. The molecule has 0 spiro atoms. The summed E-state index contributed by atoms with van der Waals surface area (Å²) < 4.78 is 10.6. The number of amides is 3. The van der Waals surface area contributed by atoms with E-state index in [0.717, 1.165) is 22.9 Å². The molecule has 1 aliphatic heterocycles. The first kappa shape index (κ1) is 20.5. The second-order valence-corrected chi connectivity index (χ2v) is 7.35. The van der Waals surface area contributed by atoms with Crippen LogP contribution in [0.4, 0.5) is 4.79 Å². The highest BCUT2D eigenvalue weighted by Crippen LogP contribution is 2.35. The molecule has 1 aliphatic rings. The Morgan fingerprint density at radius 3 is 2.62 bits per heavy atom. The number of methoxy groups -OCH3 is 1. The number of nitrogens with zero attached hydrogens (tertiary/aromatic N) is 1. The number of rotatable bonds is 7. The van der Waals surface area contributed by atoms with Crippen LogP contribution < -0.4 is 15.2 Å². The Morgan fingerprint density at radius 1 is 1.17 bits per heavy atom. The normalized spacial score (nSPS) is 15.1. The van der Waals surface area contributed by atoms with E-state index < -0.39 is 5.91 Å². The van der Waals surface area contributed by atoms with E-state index in [0.29, 0.717) is 22.0 Å². The van der Waals surface area contributed by atoms with Crippen molar-refractivity contribution in [3.63, 3.8) is 0 Å². The molecule has 0 atom stereocenters. The van der Waals surface area contributed by atoms with Crippen molar-refractivity contribution in [1.82, 2.24) is 4.90 Å². The molecule has 1 fully saturated rings. The zero-order valence-corrected chi connectivity index (χ0v) is 16.8. The monoisotopic (exact) mass is 412 g/mol. The topological polar surface area (TPSA) is 98.9 Å². The number of ether oxygens (including phenoxy) is 2. The zero-order chi connectivity index (χ0) is 21.0. The Labute approximate surface area is 172 Å². The summed E-state index contributed by atoms with van der Waals surface area (Å²) in [5, 5.41) is -0.308. The first-order chi connectivity index (χ1) is 13.9. The van der Waals surface area contributed by atoms with Gasteiger partial charge >= 0.3 is 0 Å². The average Bonchev–Trinajstić information content (AvgIpc) is 2.95. The van der Waals surface area contributed by atoms with Crippen molar-refractivity contribution in [1.29, 1.82) is 0 Å². The van der Waals surface area contributed by atoms with E-state index in [1.54, 1.807) is 24.3 Å². The highest BCUT2D eigenvalue weighted by molar-refractivity contribution is 8.18. The predicted molar refractivity (Wildman–Crippen MR) is 110 cm³/mol. The van der Waals surface area contributed by atoms with Crippen LogP contribution in [0.2, 0.25) is 0 Å². The van der Waals surface area contributed by atoms with Crippen LogP contribution in [0, 0.1) is 6.92 Å². The van der Waals surface area contributed by atoms with E-state index in [-0.39, 0.29) is 24.3 Å². The van der Waals surface area contributed by atoms with E-state index in [2.05, 4.69) is 0 Å². The molecule has 3 amide bonds. The Bertz CT molecular complexity index is 1000. The Kier molecular flexibility index (Phi) is 6.23. The molecule has 1 heterocycles. The van der Waals surface area contributed by atoms with E-state index in [4.69, 9.17) is 15.2 Å². The van der Waals surface area contributed by atoms with Crippen molar-refractivity contribution in [2.24, 2.45) is 5.73 Å². The summed E-state index contributed by atoms with van der Waals surface area (Å²) in [7, 11) is 1.46. The van der Waals surface area contributed by atoms with E-state index >= 15 is 0 Å². The van der Waals surface area contributed by atoms with Crippen LogP contribution in [0.3, 0.4) is 0 Å². The van der Waals surface area contributed by atoms with Crippen molar-refractivity contribution in [3.8, 4) is 11.5 Å². The molecule has 2 aromatic rings. The molecule has 29 heavy (non-hydrogen) atoms. The quantitative estimate of drug-likeness (QED) is 0.702. The molecule has 0 unspecified atom stereocenters. The van der Waals surface area contributed by atoms with Crippen molar-refractivity contribution < 1.29 is 23.9 Å². The van der Waals surface area contributed by atoms with Gasteiger partial charge < -0.3 is 15.2 Å². The van der Waals surface area contributed by atoms with Gasteiger partial charge in [0, 0.05) is 0 Å². The first-order valence-electron chi connectivity index (χ1n) is 8.78. The number of primary amides is 1. The van der Waals surface area contributed by atoms with E-state index in [1.165, 1.54) is 12.0 Å². The van der Waals surface area contributed by atoms with E-state index in [1.807, 2.05) is 31.2 Å². The number of hydrogen-bond acceptors (Lipinski definition) is 6. The summed E-state index contributed by atoms with van der Waals surface area (Å²) in [6, 6.07) is 12.6. The number of hydrogen-bond donors (Lipinski definition) is 1. The van der Waals surface area contributed by atoms with Gasteiger partial charge in [0.1, 0.15) is 0 Å². The molecule has 0 saturated carbocycles. The van der Waals surface area contributed by atoms with Crippen LogP contribution in [-0.2, 0) is 16.1 Å². The molecule has 2 aromatic carbocycles. The highest BCUT2D eigenvalue weighted by Gasteiger charge is 2.35. The van der Waals surface area contributed by atoms with Crippen molar-refractivity contribution >= 4 is 34.9 Å². The SMILES string of the molecule is COc1cc(/C=C2\SC(=O)N(Cc3ccccc3C)C2=O)ccc1OCC(N)=O. The molecule has 8 heteroatoms. The molecule has 150 valence electrons. The largest absolute Gasteiger partial charge is 0.493 e. The molecule has 0 bridgehead atoms. The fraction of sp³-hybridized carbons (Fsp3) is 0.190. The van der Waals surface area contributed by atoms with Gasteiger partial charge in [-0.1, -0.05) is 30.3 Å². The van der Waals surface area contributed by atoms with Gasteiger partial charge in [-0.25, -0.2) is 0 Å². The summed E-state index contributed by atoms with van der Waals surface area (Å²) in [5.74, 6) is -0.190. The van der Waals surface area contributed by atoms with Crippen LogP contribution in [0.1, 0.15) is 16.7 Å². The minimum atomic E-state index is -0.599. The van der Waals surface area contributed by atoms with Gasteiger partial charge in [-0.05, 0) is 53.6 Å². The summed E-state index contributed by atoms with van der Waals surface area (Å²) in [4.78, 5) is 37.6. The lowest BCUT2D eigenvalue weighted by Crippen LogP contribution is -2.27. The van der Waals surface area contributed by atoms with E-state index in [9.17, 15) is 14.4 Å². The number of aryl methyl sites for hydroxylation is 1. The van der Waals surface area contributed by atoms with Gasteiger partial charge in [-0.3, -0.25) is 19.3 Å². The molecular formula is C21H20N2O5S. The molecule has 2 N–H and O–H groups in total. The highest BCUT2D eigenvalue weighted by atomic mass is 32.2. The summed E-state index contributed by atoms with van der Waals surface area (Å²) >= 11 is 0.899. The van der Waals surface area contributed by atoms with Crippen LogP contribution in [0.5, 0.6) is 11.5 Å². The fourth-order valence-electron chi connectivity index (χ4n) is 2.79. The zero-order valence-electron chi connectivity index (χ0n) is 16.0. The summed E-state index contributed by atoms with van der Waals surface area (Å²) in [6.07, 6.45) is 1.63. The third kappa shape index (κ3) is 4.78. The Morgan fingerprint density at radius 2 is 1.93 bits per heavy atom. The standard InChI is InChI=1S/C21H20N2O5S/c1-13-5-3-4-6-15(13)11-23-20(25)18(29-21(23)26)10-14-7-8-16(17(9-14)27-2)28-12-19(22)24/h3-10H,11-12H2,1-2H3,(H2,22,24)/b18-10-. The maximum absolute atomic E-state index is 12.7. The minimum absolute atomic E-state index is 0.234. The molecule has 1 saturated heterocycles. The Balaban J connectivity index is 1.80. The van der Waals surface area contributed by atoms with Crippen LogP contribution in [0.25, 0.3) is 6.08 Å². The van der Waals surface area contributed by atoms with Gasteiger partial charge in [0.05, 0.1) is 18.6 Å². The minimum Gasteiger partial charge on any atom is -0.493 e. The van der Waals surface area contributed by atoms with Gasteiger partial charge in [-0.2, -0.15) is 0 Å². The molecule has 0 aromatic heterocycles. The number of nitrogens with two attached hydrogens (primary N) is 1. The smallest absolute Gasteiger partial charge is 0.293 e. The third-order valence-electron chi connectivity index (χ3n) is 4.32. The number of carbonyl (C=O) groups is 3. The lowest BCUT2D eigenvalue weighted by molar-refractivity contribution is -0.123. The second kappa shape index (κ2) is 8.83. The number of carbonyl (C=O) groups excluding carboxylic acids is 3. The third-order valence-corrected chi connectivity index (χ3v) is 5.23. The summed E-state index contributed by atoms with van der Waals surface area (Å²) in [6.45, 7) is 1.91.